The van der Waals surface area contributed by atoms with Crippen molar-refractivity contribution < 1.29 is 8.78 Å². The number of hydrogen-bond donors (Lipinski definition) is 1. The van der Waals surface area contributed by atoms with Gasteiger partial charge >= 0.3 is 0 Å². The van der Waals surface area contributed by atoms with Crippen LogP contribution in [0.5, 0.6) is 0 Å². The van der Waals surface area contributed by atoms with Crippen molar-refractivity contribution in [3.05, 3.63) is 11.9 Å². The zero-order chi connectivity index (χ0) is 12.3. The van der Waals surface area contributed by atoms with Crippen LogP contribution in [0.4, 0.5) is 8.78 Å². The molecule has 0 spiro atoms. The van der Waals surface area contributed by atoms with E-state index in [4.69, 9.17) is 5.73 Å². The van der Waals surface area contributed by atoms with Crippen LogP contribution in [0.15, 0.2) is 6.20 Å². The summed E-state index contributed by atoms with van der Waals surface area (Å²) in [5.74, 6) is -2.49. The molecule has 0 bridgehead atoms. The second kappa shape index (κ2) is 5.08. The predicted octanol–water partition coefficient (Wildman–Crippen LogP) is 1.60. The van der Waals surface area contributed by atoms with Crippen LogP contribution in [0.25, 0.3) is 0 Å². The Morgan fingerprint density at radius 3 is 3.06 bits per heavy atom. The molecule has 17 heavy (non-hydrogen) atoms. The molecule has 0 aromatic carbocycles. The van der Waals surface area contributed by atoms with Gasteiger partial charge in [-0.25, -0.2) is 8.78 Å². The third-order valence-corrected chi connectivity index (χ3v) is 3.17. The Bertz CT molecular complexity index is 364. The minimum atomic E-state index is -2.50. The lowest BCUT2D eigenvalue weighted by Crippen LogP contribution is -2.28. The first kappa shape index (κ1) is 12.4. The number of rotatable bonds is 4. The van der Waals surface area contributed by atoms with Crippen molar-refractivity contribution in [3.63, 3.8) is 0 Å². The van der Waals surface area contributed by atoms with Crippen LogP contribution in [-0.4, -0.2) is 27.5 Å². The molecule has 0 amide bonds. The summed E-state index contributed by atoms with van der Waals surface area (Å²) in [6.07, 6.45) is 3.93. The molecule has 1 saturated carbocycles. The smallest absolute Gasteiger partial charge is 0.248 e. The lowest BCUT2D eigenvalue weighted by molar-refractivity contribution is -0.0552. The van der Waals surface area contributed by atoms with E-state index in [1.54, 1.807) is 10.9 Å². The quantitative estimate of drug-likeness (QED) is 0.875. The Kier molecular flexibility index (Phi) is 3.71. The summed E-state index contributed by atoms with van der Waals surface area (Å²) >= 11 is 0. The van der Waals surface area contributed by atoms with Crippen molar-refractivity contribution in [1.29, 1.82) is 0 Å². The zero-order valence-electron chi connectivity index (χ0n) is 9.78. The van der Waals surface area contributed by atoms with Crippen molar-refractivity contribution in [1.82, 2.24) is 15.0 Å². The van der Waals surface area contributed by atoms with Crippen molar-refractivity contribution in [2.45, 2.75) is 44.6 Å². The van der Waals surface area contributed by atoms with Gasteiger partial charge in [0.1, 0.15) is 0 Å². The summed E-state index contributed by atoms with van der Waals surface area (Å²) in [5.41, 5.74) is 6.24. The molecule has 4 nitrogen and oxygen atoms in total. The van der Waals surface area contributed by atoms with Gasteiger partial charge in [0.25, 0.3) is 0 Å². The fourth-order valence-electron chi connectivity index (χ4n) is 2.39. The first-order chi connectivity index (χ1) is 8.09. The molecule has 0 radical (unpaired) electrons. The van der Waals surface area contributed by atoms with E-state index in [-0.39, 0.29) is 18.8 Å². The standard InChI is InChI=1S/C11H18F2N4/c12-11(13)4-1-2-9(6-11)7-17-8-10(3-5-14)15-16-17/h8-9H,1-7,14H2. The minimum Gasteiger partial charge on any atom is -0.330 e. The molecule has 0 saturated heterocycles. The van der Waals surface area contributed by atoms with E-state index in [0.29, 0.717) is 25.9 Å². The second-order valence-electron chi connectivity index (χ2n) is 4.79. The fourth-order valence-corrected chi connectivity index (χ4v) is 2.39. The monoisotopic (exact) mass is 244 g/mol. The Hall–Kier alpha value is -1.04. The van der Waals surface area contributed by atoms with E-state index >= 15 is 0 Å². The molecule has 6 heteroatoms. The molecule has 0 aliphatic heterocycles. The van der Waals surface area contributed by atoms with E-state index in [0.717, 1.165) is 12.1 Å². The molecule has 1 heterocycles. The lowest BCUT2D eigenvalue weighted by atomic mass is 9.86. The minimum absolute atomic E-state index is 0.00572. The molecular formula is C11H18F2N4. The van der Waals surface area contributed by atoms with Gasteiger partial charge in [-0.3, -0.25) is 4.68 Å². The van der Waals surface area contributed by atoms with Gasteiger partial charge in [-0.15, -0.1) is 5.10 Å². The van der Waals surface area contributed by atoms with Crippen LogP contribution >= 0.6 is 0 Å². The van der Waals surface area contributed by atoms with Gasteiger partial charge in [-0.05, 0) is 25.3 Å². The summed E-state index contributed by atoms with van der Waals surface area (Å²) in [5, 5.41) is 7.90. The number of halogens is 2. The predicted molar refractivity (Wildman–Crippen MR) is 59.7 cm³/mol. The molecular weight excluding hydrogens is 226 g/mol. The Balaban J connectivity index is 1.91. The van der Waals surface area contributed by atoms with E-state index in [1.165, 1.54) is 0 Å². The highest BCUT2D eigenvalue weighted by Crippen LogP contribution is 2.37. The molecule has 1 fully saturated rings. The molecule has 1 aromatic rings. The third-order valence-electron chi connectivity index (χ3n) is 3.17. The maximum Gasteiger partial charge on any atom is 0.248 e. The molecule has 96 valence electrons. The van der Waals surface area contributed by atoms with Crippen LogP contribution in [0.2, 0.25) is 0 Å². The van der Waals surface area contributed by atoms with E-state index in [2.05, 4.69) is 10.3 Å². The lowest BCUT2D eigenvalue weighted by Gasteiger charge is -2.28. The normalized spacial score (nSPS) is 23.8. The van der Waals surface area contributed by atoms with E-state index < -0.39 is 5.92 Å². The molecule has 1 atom stereocenters. The van der Waals surface area contributed by atoms with Crippen molar-refractivity contribution in [2.75, 3.05) is 6.54 Å². The van der Waals surface area contributed by atoms with Gasteiger partial charge in [0.15, 0.2) is 0 Å². The third kappa shape index (κ3) is 3.46. The second-order valence-corrected chi connectivity index (χ2v) is 4.79. The zero-order valence-corrected chi connectivity index (χ0v) is 9.78. The first-order valence-electron chi connectivity index (χ1n) is 6.06. The van der Waals surface area contributed by atoms with Gasteiger partial charge in [-0.2, -0.15) is 0 Å². The fraction of sp³-hybridized carbons (Fsp3) is 0.818. The SMILES string of the molecule is NCCc1cn(CC2CCCC(F)(F)C2)nn1. The summed E-state index contributed by atoms with van der Waals surface area (Å²) in [6, 6.07) is 0. The van der Waals surface area contributed by atoms with E-state index in [9.17, 15) is 8.78 Å². The largest absolute Gasteiger partial charge is 0.330 e. The van der Waals surface area contributed by atoms with Crippen LogP contribution < -0.4 is 5.73 Å². The number of aromatic nitrogens is 3. The molecule has 1 unspecified atom stereocenters. The Morgan fingerprint density at radius 2 is 2.35 bits per heavy atom. The summed E-state index contributed by atoms with van der Waals surface area (Å²) in [7, 11) is 0. The molecule has 2 rings (SSSR count). The van der Waals surface area contributed by atoms with Crippen LogP contribution in [-0.2, 0) is 13.0 Å². The highest BCUT2D eigenvalue weighted by Gasteiger charge is 2.36. The van der Waals surface area contributed by atoms with Crippen LogP contribution in [0.1, 0.15) is 31.4 Å². The van der Waals surface area contributed by atoms with Gasteiger partial charge < -0.3 is 5.73 Å². The molecule has 2 N–H and O–H groups in total. The van der Waals surface area contributed by atoms with Gasteiger partial charge in [0.2, 0.25) is 5.92 Å². The first-order valence-corrected chi connectivity index (χ1v) is 6.06. The Morgan fingerprint density at radius 1 is 1.53 bits per heavy atom. The van der Waals surface area contributed by atoms with Gasteiger partial charge in [-0.1, -0.05) is 5.21 Å². The molecule has 1 aliphatic rings. The maximum atomic E-state index is 13.2. The molecule has 1 aromatic heterocycles. The highest BCUT2D eigenvalue weighted by molar-refractivity contribution is 4.93. The van der Waals surface area contributed by atoms with Gasteiger partial charge in [0, 0.05) is 32.0 Å². The number of alkyl halides is 2. The van der Waals surface area contributed by atoms with Crippen LogP contribution in [0.3, 0.4) is 0 Å². The van der Waals surface area contributed by atoms with Crippen LogP contribution in [0, 0.1) is 5.92 Å². The van der Waals surface area contributed by atoms with Crippen molar-refractivity contribution in [2.24, 2.45) is 11.7 Å². The maximum absolute atomic E-state index is 13.2. The van der Waals surface area contributed by atoms with Crippen molar-refractivity contribution in [3.8, 4) is 0 Å². The number of hydrogen-bond acceptors (Lipinski definition) is 3. The van der Waals surface area contributed by atoms with Gasteiger partial charge in [0.05, 0.1) is 5.69 Å². The summed E-state index contributed by atoms with van der Waals surface area (Å²) in [4.78, 5) is 0. The Labute approximate surface area is 99.2 Å². The summed E-state index contributed by atoms with van der Waals surface area (Å²) < 4.78 is 28.1. The topological polar surface area (TPSA) is 56.7 Å². The highest BCUT2D eigenvalue weighted by atomic mass is 19.3. The average molecular weight is 244 g/mol. The average Bonchev–Trinajstić information content (AvgIpc) is 2.64. The van der Waals surface area contributed by atoms with E-state index in [1.807, 2.05) is 0 Å². The summed E-state index contributed by atoms with van der Waals surface area (Å²) in [6.45, 7) is 1.06. The number of nitrogens with zero attached hydrogens (tertiary/aromatic N) is 3. The number of nitrogens with two attached hydrogens (primary N) is 1. The molecule has 1 aliphatic carbocycles. The van der Waals surface area contributed by atoms with Crippen molar-refractivity contribution >= 4 is 0 Å².